The molecule has 2 aliphatic rings. The zero-order chi connectivity index (χ0) is 20.4. The minimum atomic E-state index is -0.0135. The Balaban J connectivity index is 1.44. The number of aliphatic imine (C=N–C) groups is 1. The highest BCUT2D eigenvalue weighted by Gasteiger charge is 2.26. The van der Waals surface area contributed by atoms with Crippen molar-refractivity contribution in [2.24, 2.45) is 12.0 Å². The lowest BCUT2D eigenvalue weighted by Gasteiger charge is -2.34. The minimum absolute atomic E-state index is 0.0135. The summed E-state index contributed by atoms with van der Waals surface area (Å²) in [5, 5.41) is 7.73. The Hall–Kier alpha value is -2.74. The van der Waals surface area contributed by atoms with Gasteiger partial charge >= 0.3 is 0 Å². The molecule has 156 valence electrons. The average molecular weight is 399 g/mol. The van der Waals surface area contributed by atoms with Crippen molar-refractivity contribution in [3.63, 3.8) is 0 Å². The van der Waals surface area contributed by atoms with Gasteiger partial charge in [0.2, 0.25) is 0 Å². The van der Waals surface area contributed by atoms with Gasteiger partial charge in [-0.25, -0.2) is 0 Å². The molecule has 0 aliphatic carbocycles. The van der Waals surface area contributed by atoms with Gasteiger partial charge in [0.25, 0.3) is 0 Å². The van der Waals surface area contributed by atoms with E-state index in [-0.39, 0.29) is 12.2 Å². The average Bonchev–Trinajstić information content (AvgIpc) is 3.32. The topological polar surface area (TPSA) is 73.1 Å². The summed E-state index contributed by atoms with van der Waals surface area (Å²) in [6, 6.07) is 4.17. The lowest BCUT2D eigenvalue weighted by atomic mass is 10.1. The SMILES string of the molecule is CN=C(NCc1cc2c(cc1OC)CC(C)O2)N1CCOC(c2cnn(C)c2)C1. The van der Waals surface area contributed by atoms with Crippen LogP contribution in [0.4, 0.5) is 0 Å². The smallest absolute Gasteiger partial charge is 0.194 e. The Kier molecular flexibility index (Phi) is 5.62. The normalized spacial score (nSPS) is 21.7. The monoisotopic (exact) mass is 399 g/mol. The molecule has 0 radical (unpaired) electrons. The predicted octanol–water partition coefficient (Wildman–Crippen LogP) is 1.90. The highest BCUT2D eigenvalue weighted by Crippen LogP contribution is 2.35. The third kappa shape index (κ3) is 4.17. The number of aromatic nitrogens is 2. The fraction of sp³-hybridized carbons (Fsp3) is 0.524. The quantitative estimate of drug-likeness (QED) is 0.625. The Morgan fingerprint density at radius 3 is 3.00 bits per heavy atom. The molecule has 8 nitrogen and oxygen atoms in total. The zero-order valence-electron chi connectivity index (χ0n) is 17.5. The lowest BCUT2D eigenvalue weighted by molar-refractivity contribution is -0.00805. The molecule has 4 rings (SSSR count). The van der Waals surface area contributed by atoms with Crippen LogP contribution < -0.4 is 14.8 Å². The van der Waals surface area contributed by atoms with Crippen molar-refractivity contribution in [1.82, 2.24) is 20.0 Å². The number of rotatable bonds is 4. The summed E-state index contributed by atoms with van der Waals surface area (Å²) in [4.78, 5) is 6.70. The van der Waals surface area contributed by atoms with E-state index >= 15 is 0 Å². The number of ether oxygens (including phenoxy) is 3. The molecular formula is C21H29N5O3. The number of benzene rings is 1. The van der Waals surface area contributed by atoms with Gasteiger partial charge in [0.1, 0.15) is 23.7 Å². The van der Waals surface area contributed by atoms with Crippen molar-refractivity contribution in [1.29, 1.82) is 0 Å². The van der Waals surface area contributed by atoms with Crippen LogP contribution in [0.5, 0.6) is 11.5 Å². The standard InChI is InChI=1S/C21H29N5O3/c1-14-7-15-8-18(27-4)16(9-19(15)29-14)10-23-21(22-2)26-5-6-28-20(13-26)17-11-24-25(3)12-17/h8-9,11-12,14,20H,5-7,10,13H2,1-4H3,(H,22,23). The molecule has 0 bridgehead atoms. The van der Waals surface area contributed by atoms with Gasteiger partial charge in [-0.15, -0.1) is 0 Å². The number of hydrogen-bond acceptors (Lipinski definition) is 5. The molecule has 2 atom stereocenters. The van der Waals surface area contributed by atoms with Crippen molar-refractivity contribution in [3.05, 3.63) is 41.2 Å². The summed E-state index contributed by atoms with van der Waals surface area (Å²) in [7, 11) is 5.43. The highest BCUT2D eigenvalue weighted by molar-refractivity contribution is 5.80. The number of nitrogens with one attached hydrogen (secondary N) is 1. The third-order valence-electron chi connectivity index (χ3n) is 5.41. The fourth-order valence-corrected chi connectivity index (χ4v) is 3.97. The summed E-state index contributed by atoms with van der Waals surface area (Å²) < 4.78 is 19.3. The van der Waals surface area contributed by atoms with E-state index in [1.165, 1.54) is 5.56 Å². The number of guanidine groups is 1. The highest BCUT2D eigenvalue weighted by atomic mass is 16.5. The van der Waals surface area contributed by atoms with E-state index in [0.717, 1.165) is 48.1 Å². The number of aryl methyl sites for hydroxylation is 1. The van der Waals surface area contributed by atoms with Gasteiger partial charge < -0.3 is 24.4 Å². The van der Waals surface area contributed by atoms with Gasteiger partial charge in [-0.2, -0.15) is 5.10 Å². The van der Waals surface area contributed by atoms with Gasteiger partial charge in [-0.05, 0) is 19.1 Å². The molecule has 0 spiro atoms. The van der Waals surface area contributed by atoms with Crippen LogP contribution in [0.1, 0.15) is 29.7 Å². The summed E-state index contributed by atoms with van der Waals surface area (Å²) in [5.74, 6) is 2.67. The van der Waals surface area contributed by atoms with Crippen LogP contribution in [-0.2, 0) is 24.8 Å². The van der Waals surface area contributed by atoms with Crippen molar-refractivity contribution >= 4 is 5.96 Å². The third-order valence-corrected chi connectivity index (χ3v) is 5.41. The first-order chi connectivity index (χ1) is 14.1. The molecule has 1 aromatic heterocycles. The van der Waals surface area contributed by atoms with Crippen LogP contribution in [0, 0.1) is 0 Å². The van der Waals surface area contributed by atoms with E-state index in [9.17, 15) is 0 Å². The van der Waals surface area contributed by atoms with E-state index in [2.05, 4.69) is 39.4 Å². The van der Waals surface area contributed by atoms with Gasteiger partial charge in [-0.3, -0.25) is 9.67 Å². The maximum Gasteiger partial charge on any atom is 0.194 e. The van der Waals surface area contributed by atoms with Crippen LogP contribution in [0.25, 0.3) is 0 Å². The molecule has 3 heterocycles. The molecule has 1 aromatic carbocycles. The second kappa shape index (κ2) is 8.32. The second-order valence-electron chi connectivity index (χ2n) is 7.56. The first-order valence-electron chi connectivity index (χ1n) is 9.99. The van der Waals surface area contributed by atoms with E-state index in [4.69, 9.17) is 14.2 Å². The maximum absolute atomic E-state index is 5.95. The van der Waals surface area contributed by atoms with Crippen molar-refractivity contribution in [2.75, 3.05) is 33.9 Å². The maximum atomic E-state index is 5.95. The van der Waals surface area contributed by atoms with Crippen LogP contribution in [0.15, 0.2) is 29.5 Å². The molecule has 2 aromatic rings. The van der Waals surface area contributed by atoms with Gasteiger partial charge in [0, 0.05) is 56.5 Å². The van der Waals surface area contributed by atoms with Crippen LogP contribution in [-0.4, -0.2) is 60.6 Å². The van der Waals surface area contributed by atoms with E-state index in [0.29, 0.717) is 13.2 Å². The Labute approximate surface area is 171 Å². The summed E-state index contributed by atoms with van der Waals surface area (Å²) in [6.45, 7) is 4.86. The number of methoxy groups -OCH3 is 1. The van der Waals surface area contributed by atoms with Crippen LogP contribution in [0.2, 0.25) is 0 Å². The number of hydrogen-bond donors (Lipinski definition) is 1. The van der Waals surface area contributed by atoms with E-state index < -0.39 is 0 Å². The van der Waals surface area contributed by atoms with Gasteiger partial charge in [0.15, 0.2) is 5.96 Å². The molecular weight excluding hydrogens is 370 g/mol. The van der Waals surface area contributed by atoms with Gasteiger partial charge in [-0.1, -0.05) is 0 Å². The molecule has 29 heavy (non-hydrogen) atoms. The number of morpholine rings is 1. The van der Waals surface area contributed by atoms with Crippen LogP contribution >= 0.6 is 0 Å². The first kappa shape index (κ1) is 19.6. The van der Waals surface area contributed by atoms with Gasteiger partial charge in [0.05, 0.1) is 26.5 Å². The Morgan fingerprint density at radius 1 is 1.41 bits per heavy atom. The summed E-state index contributed by atoms with van der Waals surface area (Å²) in [6.07, 6.45) is 4.98. The Bertz CT molecular complexity index is 894. The fourth-order valence-electron chi connectivity index (χ4n) is 3.97. The van der Waals surface area contributed by atoms with E-state index in [1.807, 2.05) is 26.5 Å². The van der Waals surface area contributed by atoms with Crippen molar-refractivity contribution in [2.45, 2.75) is 32.1 Å². The zero-order valence-corrected chi connectivity index (χ0v) is 17.5. The largest absolute Gasteiger partial charge is 0.496 e. The molecule has 2 aliphatic heterocycles. The number of fused-ring (bicyclic) bond motifs is 1. The molecule has 8 heteroatoms. The molecule has 1 fully saturated rings. The van der Waals surface area contributed by atoms with Crippen molar-refractivity contribution in [3.8, 4) is 11.5 Å². The summed E-state index contributed by atoms with van der Waals surface area (Å²) in [5.41, 5.74) is 3.34. The minimum Gasteiger partial charge on any atom is -0.496 e. The first-order valence-corrected chi connectivity index (χ1v) is 9.99. The Morgan fingerprint density at radius 2 is 2.28 bits per heavy atom. The molecule has 0 saturated carbocycles. The lowest BCUT2D eigenvalue weighted by Crippen LogP contribution is -2.47. The second-order valence-corrected chi connectivity index (χ2v) is 7.56. The summed E-state index contributed by atoms with van der Waals surface area (Å²) >= 11 is 0. The predicted molar refractivity (Wildman–Crippen MR) is 110 cm³/mol. The van der Waals surface area contributed by atoms with Crippen molar-refractivity contribution < 1.29 is 14.2 Å². The number of nitrogens with zero attached hydrogens (tertiary/aromatic N) is 4. The molecule has 2 unspecified atom stereocenters. The molecule has 1 N–H and O–H groups in total. The van der Waals surface area contributed by atoms with Crippen LogP contribution in [0.3, 0.4) is 0 Å². The van der Waals surface area contributed by atoms with E-state index in [1.54, 1.807) is 11.8 Å². The molecule has 1 saturated heterocycles. The molecule has 0 amide bonds.